The van der Waals surface area contributed by atoms with E-state index >= 15 is 0 Å². The Morgan fingerprint density at radius 1 is 1.23 bits per heavy atom. The molecule has 0 atom stereocenters. The van der Waals surface area contributed by atoms with Gasteiger partial charge in [-0.15, -0.1) is 0 Å². The standard InChI is InChI=1S/C18H15N7O/c1-11(2)15-16(23-17-12(7-19)8-22-25(17)18(15)26)13-9-21-24(10-13)14-5-3-4-6-20-14/h3-6,8-11,23H,1-2H3. The topological polar surface area (TPSA) is 105 Å². The third-order valence-corrected chi connectivity index (χ3v) is 4.16. The fraction of sp³-hybridized carbons (Fsp3) is 0.167. The normalized spacial score (nSPS) is 11.2. The number of hydrogen-bond donors (Lipinski definition) is 1. The Hall–Kier alpha value is -3.73. The van der Waals surface area contributed by atoms with Crippen molar-refractivity contribution in [2.24, 2.45) is 0 Å². The lowest BCUT2D eigenvalue weighted by atomic mass is 10.00. The Bertz CT molecular complexity index is 1190. The Morgan fingerprint density at radius 2 is 2.08 bits per heavy atom. The van der Waals surface area contributed by atoms with E-state index in [0.29, 0.717) is 28.3 Å². The first kappa shape index (κ1) is 15.8. The second-order valence-corrected chi connectivity index (χ2v) is 6.17. The van der Waals surface area contributed by atoms with Gasteiger partial charge in [0.2, 0.25) is 0 Å². The molecule has 128 valence electrons. The molecule has 8 heteroatoms. The van der Waals surface area contributed by atoms with Crippen molar-refractivity contribution in [1.82, 2.24) is 29.4 Å². The minimum atomic E-state index is -0.240. The van der Waals surface area contributed by atoms with Crippen LogP contribution in [0, 0.1) is 11.3 Å². The van der Waals surface area contributed by atoms with Crippen LogP contribution in [0.25, 0.3) is 22.7 Å². The lowest BCUT2D eigenvalue weighted by molar-refractivity contribution is 0.797. The second-order valence-electron chi connectivity index (χ2n) is 6.17. The number of aromatic nitrogens is 6. The summed E-state index contributed by atoms with van der Waals surface area (Å²) >= 11 is 0. The number of aromatic amines is 1. The molecule has 0 aliphatic heterocycles. The van der Waals surface area contributed by atoms with Gasteiger partial charge in [-0.3, -0.25) is 4.79 Å². The van der Waals surface area contributed by atoms with Crippen molar-refractivity contribution >= 4 is 5.65 Å². The van der Waals surface area contributed by atoms with Crippen molar-refractivity contribution < 1.29 is 0 Å². The number of hydrogen-bond acceptors (Lipinski definition) is 5. The Morgan fingerprint density at radius 3 is 2.77 bits per heavy atom. The number of H-pyrrole nitrogens is 1. The number of nitrogens with zero attached hydrogens (tertiary/aromatic N) is 6. The van der Waals surface area contributed by atoms with Gasteiger partial charge in [0.05, 0.1) is 18.1 Å². The Balaban J connectivity index is 1.96. The van der Waals surface area contributed by atoms with Gasteiger partial charge in [-0.2, -0.15) is 20.0 Å². The highest BCUT2D eigenvalue weighted by Gasteiger charge is 2.20. The molecule has 4 aromatic rings. The predicted octanol–water partition coefficient (Wildman–Crippen LogP) is 2.27. The molecule has 4 aromatic heterocycles. The van der Waals surface area contributed by atoms with Gasteiger partial charge in [0.15, 0.2) is 11.5 Å². The molecule has 1 N–H and O–H groups in total. The molecular weight excluding hydrogens is 330 g/mol. The SMILES string of the molecule is CC(C)c1c(-c2cnn(-c3ccccn3)c2)[nH]c2c(C#N)cnn2c1=O. The van der Waals surface area contributed by atoms with E-state index in [2.05, 4.69) is 26.2 Å². The molecule has 0 radical (unpaired) electrons. The second kappa shape index (κ2) is 5.97. The van der Waals surface area contributed by atoms with Crippen molar-refractivity contribution in [1.29, 1.82) is 5.26 Å². The highest BCUT2D eigenvalue weighted by atomic mass is 16.1. The molecule has 0 saturated heterocycles. The molecule has 0 fully saturated rings. The zero-order chi connectivity index (χ0) is 18.3. The summed E-state index contributed by atoms with van der Waals surface area (Å²) < 4.78 is 2.88. The van der Waals surface area contributed by atoms with Crippen LogP contribution in [-0.4, -0.2) is 29.4 Å². The van der Waals surface area contributed by atoms with Crippen LogP contribution in [0.1, 0.15) is 30.9 Å². The molecule has 0 unspecified atom stereocenters. The molecule has 26 heavy (non-hydrogen) atoms. The fourth-order valence-corrected chi connectivity index (χ4v) is 2.94. The minimum Gasteiger partial charge on any atom is -0.338 e. The van der Waals surface area contributed by atoms with Crippen molar-refractivity contribution in [3.05, 3.63) is 64.5 Å². The molecule has 4 rings (SSSR count). The number of rotatable bonds is 3. The van der Waals surface area contributed by atoms with Crippen LogP contribution in [-0.2, 0) is 0 Å². The number of nitriles is 1. The van der Waals surface area contributed by atoms with E-state index in [1.807, 2.05) is 32.0 Å². The highest BCUT2D eigenvalue weighted by molar-refractivity contribution is 5.67. The summed E-state index contributed by atoms with van der Waals surface area (Å²) in [5, 5.41) is 17.6. The molecule has 4 heterocycles. The van der Waals surface area contributed by atoms with E-state index in [9.17, 15) is 10.1 Å². The van der Waals surface area contributed by atoms with Gasteiger partial charge in [-0.25, -0.2) is 9.67 Å². The first-order valence-electron chi connectivity index (χ1n) is 8.10. The Labute approximate surface area is 148 Å². The maximum Gasteiger partial charge on any atom is 0.278 e. The number of nitrogens with one attached hydrogen (secondary N) is 1. The lowest BCUT2D eigenvalue weighted by Gasteiger charge is -2.11. The molecule has 8 nitrogen and oxygen atoms in total. The largest absolute Gasteiger partial charge is 0.338 e. The van der Waals surface area contributed by atoms with Crippen molar-refractivity contribution in [2.45, 2.75) is 19.8 Å². The molecule has 0 spiro atoms. The summed E-state index contributed by atoms with van der Waals surface area (Å²) in [6, 6.07) is 7.61. The van der Waals surface area contributed by atoms with E-state index in [-0.39, 0.29) is 11.5 Å². The molecule has 0 bridgehead atoms. The smallest absolute Gasteiger partial charge is 0.278 e. The summed E-state index contributed by atoms with van der Waals surface area (Å²) in [4.78, 5) is 20.4. The van der Waals surface area contributed by atoms with E-state index in [4.69, 9.17) is 0 Å². The number of pyridine rings is 1. The van der Waals surface area contributed by atoms with Gasteiger partial charge in [-0.1, -0.05) is 19.9 Å². The monoisotopic (exact) mass is 345 g/mol. The highest BCUT2D eigenvalue weighted by Crippen LogP contribution is 2.26. The quantitative estimate of drug-likeness (QED) is 0.613. The maximum atomic E-state index is 12.9. The van der Waals surface area contributed by atoms with Crippen LogP contribution in [0.15, 0.2) is 47.8 Å². The summed E-state index contributed by atoms with van der Waals surface area (Å²) in [5.41, 5.74) is 2.42. The van der Waals surface area contributed by atoms with E-state index in [1.54, 1.807) is 23.3 Å². The number of fused-ring (bicyclic) bond motifs is 1. The maximum absolute atomic E-state index is 12.9. The molecule has 0 aliphatic rings. The molecular formula is C18H15N7O. The van der Waals surface area contributed by atoms with E-state index in [1.165, 1.54) is 10.7 Å². The average Bonchev–Trinajstić information content (AvgIpc) is 3.29. The zero-order valence-electron chi connectivity index (χ0n) is 14.2. The lowest BCUT2D eigenvalue weighted by Crippen LogP contribution is -2.22. The van der Waals surface area contributed by atoms with Gasteiger partial charge < -0.3 is 4.98 Å². The van der Waals surface area contributed by atoms with Crippen LogP contribution in [0.2, 0.25) is 0 Å². The minimum absolute atomic E-state index is 0.0360. The van der Waals surface area contributed by atoms with Gasteiger partial charge in [-0.05, 0) is 18.1 Å². The molecule has 0 aromatic carbocycles. The summed E-state index contributed by atoms with van der Waals surface area (Å²) in [7, 11) is 0. The summed E-state index contributed by atoms with van der Waals surface area (Å²) in [6.07, 6.45) is 6.55. The van der Waals surface area contributed by atoms with Crippen LogP contribution in [0.3, 0.4) is 0 Å². The van der Waals surface area contributed by atoms with Crippen molar-refractivity contribution in [3.8, 4) is 23.1 Å². The van der Waals surface area contributed by atoms with Crippen LogP contribution in [0.5, 0.6) is 0 Å². The molecule has 0 amide bonds. The summed E-state index contributed by atoms with van der Waals surface area (Å²) in [6.45, 7) is 3.88. The van der Waals surface area contributed by atoms with Crippen LogP contribution >= 0.6 is 0 Å². The molecule has 0 saturated carbocycles. The van der Waals surface area contributed by atoms with Crippen molar-refractivity contribution in [3.63, 3.8) is 0 Å². The zero-order valence-corrected chi connectivity index (χ0v) is 14.2. The van der Waals surface area contributed by atoms with E-state index in [0.717, 1.165) is 5.56 Å². The van der Waals surface area contributed by atoms with Gasteiger partial charge in [0, 0.05) is 23.5 Å². The average molecular weight is 345 g/mol. The fourth-order valence-electron chi connectivity index (χ4n) is 2.94. The van der Waals surface area contributed by atoms with Gasteiger partial charge in [0.1, 0.15) is 11.6 Å². The van der Waals surface area contributed by atoms with Crippen molar-refractivity contribution in [2.75, 3.05) is 0 Å². The van der Waals surface area contributed by atoms with E-state index < -0.39 is 0 Å². The third kappa shape index (κ3) is 2.38. The van der Waals surface area contributed by atoms with Gasteiger partial charge in [0.25, 0.3) is 5.56 Å². The Kier molecular flexibility index (Phi) is 3.62. The summed E-state index contributed by atoms with van der Waals surface area (Å²) in [5.74, 6) is 0.640. The first-order valence-corrected chi connectivity index (χ1v) is 8.10. The van der Waals surface area contributed by atoms with Gasteiger partial charge >= 0.3 is 0 Å². The first-order chi connectivity index (χ1) is 12.6. The van der Waals surface area contributed by atoms with Crippen LogP contribution in [0.4, 0.5) is 0 Å². The third-order valence-electron chi connectivity index (χ3n) is 4.16. The molecule has 0 aliphatic carbocycles. The van der Waals surface area contributed by atoms with Crippen LogP contribution < -0.4 is 5.56 Å². The predicted molar refractivity (Wildman–Crippen MR) is 95.0 cm³/mol.